The van der Waals surface area contributed by atoms with Crippen LogP contribution in [0.5, 0.6) is 11.5 Å². The Hall–Kier alpha value is -5.35. The molecule has 9 heteroatoms. The second kappa shape index (κ2) is 21.4. The van der Waals surface area contributed by atoms with Gasteiger partial charge in [0.2, 0.25) is 0 Å². The molecule has 7 rings (SSSR count). The van der Waals surface area contributed by atoms with Crippen molar-refractivity contribution in [2.24, 2.45) is 17.8 Å². The third-order valence-corrected chi connectivity index (χ3v) is 12.9. The maximum atomic E-state index is 13.4. The molecule has 1 aliphatic carbocycles. The van der Waals surface area contributed by atoms with Gasteiger partial charge < -0.3 is 31.3 Å². The SMILES string of the molecule is COc1cc(C(=CC(=O)CC(=O)CCCCCC2C3NCC=CC3=CC3CNCCC32)CO)c(Cc2cnc(N)cc2CCc2cccc(CCc3ccccc3)c2)cc1O. The summed E-state index contributed by atoms with van der Waals surface area (Å²) in [5.74, 6) is 2.00. The van der Waals surface area contributed by atoms with E-state index < -0.39 is 6.61 Å². The highest BCUT2D eigenvalue weighted by Gasteiger charge is 2.40. The molecule has 3 aromatic carbocycles. The molecule has 4 aromatic rings. The van der Waals surface area contributed by atoms with Gasteiger partial charge in [-0.25, -0.2) is 4.98 Å². The van der Waals surface area contributed by atoms with Crippen LogP contribution in [0.25, 0.3) is 5.57 Å². The molecule has 1 saturated heterocycles. The molecular weight excluding hydrogens is 761 g/mol. The van der Waals surface area contributed by atoms with E-state index in [1.54, 1.807) is 18.3 Å². The van der Waals surface area contributed by atoms with E-state index in [4.69, 9.17) is 10.5 Å². The van der Waals surface area contributed by atoms with Gasteiger partial charge >= 0.3 is 0 Å². The monoisotopic (exact) mass is 822 g/mol. The summed E-state index contributed by atoms with van der Waals surface area (Å²) in [6.07, 6.45) is 19.2. The van der Waals surface area contributed by atoms with Crippen molar-refractivity contribution >= 4 is 23.0 Å². The number of aliphatic hydroxyl groups excluding tert-OH is 1. The number of carbonyl (C=O) groups excluding carboxylic acids is 2. The van der Waals surface area contributed by atoms with Gasteiger partial charge in [-0.15, -0.1) is 0 Å². The number of ether oxygens (including phenoxy) is 1. The maximum absolute atomic E-state index is 13.4. The van der Waals surface area contributed by atoms with Crippen LogP contribution < -0.4 is 21.1 Å². The number of hydrogen-bond acceptors (Lipinski definition) is 9. The van der Waals surface area contributed by atoms with E-state index in [-0.39, 0.29) is 29.5 Å². The molecule has 320 valence electrons. The average Bonchev–Trinajstić information content (AvgIpc) is 3.27. The number of piperidine rings is 1. The minimum absolute atomic E-state index is 0.0554. The number of aromatic hydroxyl groups is 1. The minimum Gasteiger partial charge on any atom is -0.504 e. The van der Waals surface area contributed by atoms with Crippen molar-refractivity contribution in [3.63, 3.8) is 0 Å². The normalized spacial score (nSPS) is 19.8. The molecule has 4 atom stereocenters. The van der Waals surface area contributed by atoms with Gasteiger partial charge in [0.05, 0.1) is 20.1 Å². The van der Waals surface area contributed by atoms with E-state index in [9.17, 15) is 19.8 Å². The standard InChI is InChI=1S/C52H62N4O5/c1-61-50-31-48(43(34-57)27-45(59)30-44(58)15-6-3-7-16-47-46-21-23-54-32-42(46)25-39-14-9-22-55-52(39)47)40(28-49(50)60)26-41-33-56-51(53)29-38(41)20-19-37-13-8-12-36(24-37)18-17-35-10-4-2-5-11-35/h2,4-5,8-14,24-25,27-29,31,33,42,46-47,52,54-55,57,60H,3,6-7,15-23,26,30,32,34H2,1H3,(H2,53,56). The Balaban J connectivity index is 0.965. The van der Waals surface area contributed by atoms with Crippen molar-refractivity contribution in [1.29, 1.82) is 0 Å². The number of methoxy groups -OCH3 is 1. The van der Waals surface area contributed by atoms with Crippen molar-refractivity contribution in [1.82, 2.24) is 15.6 Å². The number of aryl methyl sites for hydroxylation is 4. The topological polar surface area (TPSA) is 147 Å². The van der Waals surface area contributed by atoms with Gasteiger partial charge in [-0.1, -0.05) is 85.7 Å². The lowest BCUT2D eigenvalue weighted by Gasteiger charge is -2.46. The lowest BCUT2D eigenvalue weighted by atomic mass is 9.65. The number of phenols is 1. The molecule has 61 heavy (non-hydrogen) atoms. The Labute approximate surface area is 361 Å². The number of rotatable bonds is 20. The summed E-state index contributed by atoms with van der Waals surface area (Å²) < 4.78 is 5.45. The van der Waals surface area contributed by atoms with Crippen molar-refractivity contribution < 1.29 is 24.5 Å². The molecule has 9 nitrogen and oxygen atoms in total. The van der Waals surface area contributed by atoms with E-state index >= 15 is 0 Å². The molecule has 1 fully saturated rings. The lowest BCUT2D eigenvalue weighted by molar-refractivity contribution is -0.124. The zero-order chi connectivity index (χ0) is 42.6. The van der Waals surface area contributed by atoms with Crippen LogP contribution in [0.1, 0.15) is 83.9 Å². The van der Waals surface area contributed by atoms with Gasteiger partial charge in [0.1, 0.15) is 11.6 Å². The largest absolute Gasteiger partial charge is 0.504 e. The summed E-state index contributed by atoms with van der Waals surface area (Å²) >= 11 is 0. The quantitative estimate of drug-likeness (QED) is 0.0344. The number of pyridine rings is 1. The summed E-state index contributed by atoms with van der Waals surface area (Å²) in [7, 11) is 1.46. The number of Topliss-reactive ketones (excluding diaryl/α,β-unsaturated/α-hetero) is 1. The Morgan fingerprint density at radius 2 is 1.70 bits per heavy atom. The van der Waals surface area contributed by atoms with E-state index in [1.165, 1.54) is 41.9 Å². The summed E-state index contributed by atoms with van der Waals surface area (Å²) in [6, 6.07) is 24.8. The van der Waals surface area contributed by atoms with Crippen LogP contribution in [-0.4, -0.2) is 66.2 Å². The van der Waals surface area contributed by atoms with E-state index in [0.717, 1.165) is 82.1 Å². The van der Waals surface area contributed by atoms with Crippen LogP contribution in [0.4, 0.5) is 5.82 Å². The fraction of sp³-hybridized carbons (Fsp3) is 0.404. The first-order valence-corrected chi connectivity index (χ1v) is 22.2. The number of aliphatic hydroxyl groups is 1. The summed E-state index contributed by atoms with van der Waals surface area (Å²) in [5.41, 5.74) is 15.0. The predicted molar refractivity (Wildman–Crippen MR) is 244 cm³/mol. The molecule has 3 aliphatic rings. The third-order valence-electron chi connectivity index (χ3n) is 12.9. The molecule has 3 heterocycles. The summed E-state index contributed by atoms with van der Waals surface area (Å²) in [6.45, 7) is 2.61. The number of aromatic nitrogens is 1. The molecule has 0 saturated carbocycles. The first kappa shape index (κ1) is 43.7. The molecule has 6 N–H and O–H groups in total. The number of nitrogens with zero attached hydrogens (tertiary/aromatic N) is 1. The van der Waals surface area contributed by atoms with Crippen LogP contribution in [0.15, 0.2) is 109 Å². The molecule has 1 aromatic heterocycles. The maximum Gasteiger partial charge on any atom is 0.163 e. The van der Waals surface area contributed by atoms with Crippen LogP contribution in [0, 0.1) is 17.8 Å². The summed E-state index contributed by atoms with van der Waals surface area (Å²) in [4.78, 5) is 30.8. The zero-order valence-electron chi connectivity index (χ0n) is 35.6. The number of hydrogen-bond donors (Lipinski definition) is 5. The Kier molecular flexibility index (Phi) is 15.4. The highest BCUT2D eigenvalue weighted by atomic mass is 16.5. The van der Waals surface area contributed by atoms with E-state index in [1.807, 2.05) is 12.1 Å². The van der Waals surface area contributed by atoms with Gasteiger partial charge in [0.25, 0.3) is 0 Å². The number of allylic oxidation sites excluding steroid dienone is 1. The molecule has 0 bridgehead atoms. The number of anilines is 1. The fourth-order valence-electron chi connectivity index (χ4n) is 9.79. The number of unbranched alkanes of at least 4 members (excludes halogenated alkanes) is 2. The average molecular weight is 823 g/mol. The highest BCUT2D eigenvalue weighted by molar-refractivity contribution is 6.07. The fourth-order valence-corrected chi connectivity index (χ4v) is 9.79. The van der Waals surface area contributed by atoms with E-state index in [0.29, 0.717) is 59.2 Å². The van der Waals surface area contributed by atoms with Crippen molar-refractivity contribution in [2.75, 3.05) is 39.1 Å². The predicted octanol–water partition coefficient (Wildman–Crippen LogP) is 7.70. The van der Waals surface area contributed by atoms with Crippen LogP contribution in [0.3, 0.4) is 0 Å². The van der Waals surface area contributed by atoms with E-state index in [2.05, 4.69) is 82.4 Å². The number of fused-ring (bicyclic) bond motifs is 2. The van der Waals surface area contributed by atoms with Crippen LogP contribution in [-0.2, 0) is 41.7 Å². The first-order valence-electron chi connectivity index (χ1n) is 22.2. The van der Waals surface area contributed by atoms with Gasteiger partial charge in [0, 0.05) is 31.7 Å². The number of nitrogens with two attached hydrogens (primary N) is 1. The van der Waals surface area contributed by atoms with Crippen LogP contribution >= 0.6 is 0 Å². The molecular formula is C52H62N4O5. The number of carbonyl (C=O) groups is 2. The number of nitrogen functional groups attached to an aromatic ring is 1. The van der Waals surface area contributed by atoms with Crippen molar-refractivity contribution in [3.05, 3.63) is 148 Å². The van der Waals surface area contributed by atoms with Gasteiger partial charge in [0.15, 0.2) is 17.3 Å². The molecule has 0 amide bonds. The minimum atomic E-state index is -0.435. The smallest absolute Gasteiger partial charge is 0.163 e. The number of nitrogens with one attached hydrogen (secondary N) is 2. The molecule has 0 spiro atoms. The first-order chi connectivity index (χ1) is 29.8. The summed E-state index contributed by atoms with van der Waals surface area (Å²) in [5, 5.41) is 28.8. The molecule has 4 unspecified atom stereocenters. The molecule has 2 aliphatic heterocycles. The van der Waals surface area contributed by atoms with Gasteiger partial charge in [-0.05, 0) is 150 Å². The number of ketones is 2. The molecule has 0 radical (unpaired) electrons. The highest BCUT2D eigenvalue weighted by Crippen LogP contribution is 2.41. The lowest BCUT2D eigenvalue weighted by Crippen LogP contribution is -2.51. The number of phenolic OH excluding ortho intramolecular Hbond substituents is 1. The van der Waals surface area contributed by atoms with Crippen molar-refractivity contribution in [2.45, 2.75) is 83.1 Å². The second-order valence-corrected chi connectivity index (χ2v) is 17.1. The van der Waals surface area contributed by atoms with Gasteiger partial charge in [-0.2, -0.15) is 0 Å². The van der Waals surface area contributed by atoms with Crippen LogP contribution in [0.2, 0.25) is 0 Å². The zero-order valence-corrected chi connectivity index (χ0v) is 35.6. The number of benzene rings is 3. The van der Waals surface area contributed by atoms with Crippen molar-refractivity contribution in [3.8, 4) is 11.5 Å². The van der Waals surface area contributed by atoms with Gasteiger partial charge in [-0.3, -0.25) is 9.59 Å². The Morgan fingerprint density at radius 3 is 2.51 bits per heavy atom. The third kappa shape index (κ3) is 11.7. The Morgan fingerprint density at radius 1 is 0.918 bits per heavy atom. The Bertz CT molecular complexity index is 2230. The second-order valence-electron chi connectivity index (χ2n) is 17.1.